The second kappa shape index (κ2) is 2.12. The molecular weight excluding hydrogens is 148 g/mol. The average Bonchev–Trinajstić information content (AvgIpc) is 1.83. The molecule has 1 fully saturated rings. The highest BCUT2D eigenvalue weighted by molar-refractivity contribution is 5.96. The zero-order valence-electron chi connectivity index (χ0n) is 9.12. The highest BCUT2D eigenvalue weighted by Crippen LogP contribution is 2.58. The number of carbonyl (C=O) groups is 1. The van der Waals surface area contributed by atoms with E-state index in [1.807, 2.05) is 13.8 Å². The number of carbonyl (C=O) groups excluding carboxylic acids is 1. The molecule has 0 aromatic heterocycles. The van der Waals surface area contributed by atoms with E-state index in [9.17, 15) is 4.79 Å². The minimum Gasteiger partial charge on any atom is -0.298 e. The van der Waals surface area contributed by atoms with E-state index in [4.69, 9.17) is 0 Å². The van der Waals surface area contributed by atoms with Crippen molar-refractivity contribution in [3.63, 3.8) is 0 Å². The predicted octanol–water partition coefficient (Wildman–Crippen LogP) is 3.04. The summed E-state index contributed by atoms with van der Waals surface area (Å²) in [4.78, 5) is 11.9. The number of Topliss-reactive ketones (excluding diaryl/α,β-unsaturated/α-hetero) is 1. The third-order valence-electron chi connectivity index (χ3n) is 3.57. The Labute approximate surface area is 75.5 Å². The van der Waals surface area contributed by atoms with Gasteiger partial charge in [-0.15, -0.1) is 0 Å². The minimum absolute atomic E-state index is 0.0674. The second-order valence-corrected chi connectivity index (χ2v) is 5.97. The molecule has 0 amide bonds. The summed E-state index contributed by atoms with van der Waals surface area (Å²) in [5.74, 6) is 0.433. The molecule has 12 heavy (non-hydrogen) atoms. The number of hydrogen-bond acceptors (Lipinski definition) is 1. The molecule has 1 saturated carbocycles. The summed E-state index contributed by atoms with van der Waals surface area (Å²) in [5.41, 5.74) is -0.0435. The van der Waals surface area contributed by atoms with Gasteiger partial charge < -0.3 is 0 Å². The van der Waals surface area contributed by atoms with Crippen LogP contribution in [0.1, 0.15) is 48.0 Å². The summed E-state index contributed by atoms with van der Waals surface area (Å²) in [6, 6.07) is 0. The number of ketones is 1. The average molecular weight is 168 g/mol. The molecule has 1 aliphatic carbocycles. The largest absolute Gasteiger partial charge is 0.298 e. The first-order valence-electron chi connectivity index (χ1n) is 4.66. The summed E-state index contributed by atoms with van der Waals surface area (Å²) in [6.07, 6.45) is 1.03. The summed E-state index contributed by atoms with van der Waals surface area (Å²) >= 11 is 0. The Balaban J connectivity index is 2.90. The molecule has 0 aromatic rings. The lowest BCUT2D eigenvalue weighted by atomic mass is 9.46. The smallest absolute Gasteiger partial charge is 0.144 e. The van der Waals surface area contributed by atoms with Gasteiger partial charge in [-0.3, -0.25) is 4.79 Å². The highest BCUT2D eigenvalue weighted by Gasteiger charge is 2.60. The molecule has 1 atom stereocenters. The third-order valence-corrected chi connectivity index (χ3v) is 3.57. The van der Waals surface area contributed by atoms with Gasteiger partial charge in [-0.2, -0.15) is 0 Å². The van der Waals surface area contributed by atoms with Crippen LogP contribution in [-0.2, 0) is 4.79 Å². The monoisotopic (exact) mass is 168 g/mol. The Morgan fingerprint density at radius 3 is 1.67 bits per heavy atom. The Bertz CT molecular complexity index is 220. The molecule has 0 bridgehead atoms. The fourth-order valence-corrected chi connectivity index (χ4v) is 2.29. The quantitative estimate of drug-likeness (QED) is 0.543. The van der Waals surface area contributed by atoms with Crippen molar-refractivity contribution in [3.05, 3.63) is 0 Å². The lowest BCUT2D eigenvalue weighted by Gasteiger charge is -2.56. The zero-order chi connectivity index (χ0) is 9.78. The van der Waals surface area contributed by atoms with Crippen LogP contribution in [0.15, 0.2) is 0 Å². The molecule has 0 N–H and O–H groups in total. The predicted molar refractivity (Wildman–Crippen MR) is 51.0 cm³/mol. The van der Waals surface area contributed by atoms with Crippen LogP contribution in [0.2, 0.25) is 0 Å². The van der Waals surface area contributed by atoms with Crippen molar-refractivity contribution in [1.82, 2.24) is 0 Å². The molecular formula is C11H20O. The van der Waals surface area contributed by atoms with Gasteiger partial charge in [-0.25, -0.2) is 0 Å². The lowest BCUT2D eigenvalue weighted by Crippen LogP contribution is -2.58. The van der Waals surface area contributed by atoms with E-state index < -0.39 is 0 Å². The van der Waals surface area contributed by atoms with E-state index in [-0.39, 0.29) is 16.2 Å². The van der Waals surface area contributed by atoms with Gasteiger partial charge in [0, 0.05) is 10.8 Å². The fraction of sp³-hybridized carbons (Fsp3) is 0.909. The molecule has 70 valence electrons. The molecule has 0 saturated heterocycles. The number of rotatable bonds is 0. The van der Waals surface area contributed by atoms with E-state index in [0.29, 0.717) is 5.78 Å². The van der Waals surface area contributed by atoms with Crippen LogP contribution in [0.5, 0.6) is 0 Å². The fourth-order valence-electron chi connectivity index (χ4n) is 2.29. The summed E-state index contributed by atoms with van der Waals surface area (Å²) in [7, 11) is 0. The van der Waals surface area contributed by atoms with Gasteiger partial charge >= 0.3 is 0 Å². The Kier molecular flexibility index (Phi) is 1.73. The van der Waals surface area contributed by atoms with Crippen LogP contribution in [0, 0.1) is 16.2 Å². The van der Waals surface area contributed by atoms with Gasteiger partial charge in [0.1, 0.15) is 5.78 Å². The van der Waals surface area contributed by atoms with Crippen LogP contribution in [-0.4, -0.2) is 5.78 Å². The first-order valence-corrected chi connectivity index (χ1v) is 4.66. The van der Waals surface area contributed by atoms with Crippen molar-refractivity contribution >= 4 is 5.78 Å². The van der Waals surface area contributed by atoms with E-state index >= 15 is 0 Å². The van der Waals surface area contributed by atoms with Gasteiger partial charge in [0.2, 0.25) is 0 Å². The van der Waals surface area contributed by atoms with Crippen LogP contribution in [0.25, 0.3) is 0 Å². The lowest BCUT2D eigenvalue weighted by molar-refractivity contribution is -0.165. The molecule has 0 aliphatic heterocycles. The SMILES string of the molecule is CC1(C)CC(C)(C(C)(C)C)C1=O. The molecule has 0 radical (unpaired) electrons. The van der Waals surface area contributed by atoms with Gasteiger partial charge in [0.05, 0.1) is 0 Å². The van der Waals surface area contributed by atoms with Crippen molar-refractivity contribution < 1.29 is 4.79 Å². The van der Waals surface area contributed by atoms with Crippen LogP contribution < -0.4 is 0 Å². The maximum absolute atomic E-state index is 11.9. The van der Waals surface area contributed by atoms with Crippen molar-refractivity contribution in [1.29, 1.82) is 0 Å². The maximum atomic E-state index is 11.9. The van der Waals surface area contributed by atoms with Gasteiger partial charge in [-0.1, -0.05) is 41.5 Å². The van der Waals surface area contributed by atoms with E-state index in [1.165, 1.54) is 0 Å². The zero-order valence-corrected chi connectivity index (χ0v) is 9.12. The Hall–Kier alpha value is -0.330. The Morgan fingerprint density at radius 2 is 1.58 bits per heavy atom. The van der Waals surface area contributed by atoms with Crippen molar-refractivity contribution in [2.75, 3.05) is 0 Å². The standard InChI is InChI=1S/C11H20O/c1-9(2,3)11(6)7-10(4,5)8(11)12/h7H2,1-6H3. The first-order chi connectivity index (χ1) is 5.11. The van der Waals surface area contributed by atoms with Gasteiger partial charge in [-0.05, 0) is 11.8 Å². The van der Waals surface area contributed by atoms with E-state index in [0.717, 1.165) is 6.42 Å². The molecule has 1 unspecified atom stereocenters. The molecule has 1 rings (SSSR count). The second-order valence-electron chi connectivity index (χ2n) is 5.97. The molecule has 0 aromatic carbocycles. The van der Waals surface area contributed by atoms with Crippen molar-refractivity contribution in [2.24, 2.45) is 16.2 Å². The van der Waals surface area contributed by atoms with E-state index in [2.05, 4.69) is 27.7 Å². The third kappa shape index (κ3) is 1.02. The molecule has 0 spiro atoms. The van der Waals surface area contributed by atoms with Crippen molar-refractivity contribution in [2.45, 2.75) is 48.0 Å². The first kappa shape index (κ1) is 9.76. The molecule has 0 heterocycles. The minimum atomic E-state index is -0.0868. The van der Waals surface area contributed by atoms with Crippen LogP contribution >= 0.6 is 0 Å². The van der Waals surface area contributed by atoms with Gasteiger partial charge in [0.25, 0.3) is 0 Å². The molecule has 1 heteroatoms. The highest BCUT2D eigenvalue weighted by atomic mass is 16.1. The summed E-state index contributed by atoms with van der Waals surface area (Å²) in [5, 5.41) is 0. The summed E-state index contributed by atoms with van der Waals surface area (Å²) < 4.78 is 0. The normalized spacial score (nSPS) is 34.7. The maximum Gasteiger partial charge on any atom is 0.144 e. The molecule has 1 nitrogen and oxygen atoms in total. The van der Waals surface area contributed by atoms with Crippen LogP contribution in [0.4, 0.5) is 0 Å². The van der Waals surface area contributed by atoms with E-state index in [1.54, 1.807) is 0 Å². The van der Waals surface area contributed by atoms with Crippen LogP contribution in [0.3, 0.4) is 0 Å². The summed E-state index contributed by atoms with van der Waals surface area (Å²) in [6.45, 7) is 12.6. The van der Waals surface area contributed by atoms with Crippen molar-refractivity contribution in [3.8, 4) is 0 Å². The number of hydrogen-bond donors (Lipinski definition) is 0. The Morgan fingerprint density at radius 1 is 1.17 bits per heavy atom. The topological polar surface area (TPSA) is 17.1 Å². The molecule has 1 aliphatic rings. The van der Waals surface area contributed by atoms with Gasteiger partial charge in [0.15, 0.2) is 0 Å².